The van der Waals surface area contributed by atoms with E-state index in [2.05, 4.69) is 15.8 Å². The molecule has 0 aliphatic rings. The van der Waals surface area contributed by atoms with Gasteiger partial charge >= 0.3 is 0 Å². The Hall–Kier alpha value is -3.88. The summed E-state index contributed by atoms with van der Waals surface area (Å²) in [5, 5.41) is 25.3. The molecule has 27 heavy (non-hydrogen) atoms. The van der Waals surface area contributed by atoms with Crippen molar-refractivity contribution in [3.05, 3.63) is 53.6 Å². The molecule has 0 heterocycles. The molecule has 140 valence electrons. The number of nitrogens with two attached hydrogens (primary N) is 1. The van der Waals surface area contributed by atoms with E-state index in [1.165, 1.54) is 24.3 Å². The zero-order chi connectivity index (χ0) is 20.0. The zero-order valence-corrected chi connectivity index (χ0v) is 14.4. The molecule has 0 atom stereocenters. The molecular weight excluding hydrogens is 352 g/mol. The van der Waals surface area contributed by atoms with Crippen molar-refractivity contribution in [3.8, 4) is 11.5 Å². The molecule has 0 saturated carbocycles. The van der Waals surface area contributed by atoms with Gasteiger partial charge < -0.3 is 21.3 Å². The Kier molecular flexibility index (Phi) is 6.10. The van der Waals surface area contributed by atoms with Crippen LogP contribution in [0.3, 0.4) is 0 Å². The van der Waals surface area contributed by atoms with Gasteiger partial charge in [0.1, 0.15) is 11.5 Å². The summed E-state index contributed by atoms with van der Waals surface area (Å²) in [4.78, 5) is 34.9. The van der Waals surface area contributed by atoms with Gasteiger partial charge in [0.05, 0.1) is 12.0 Å². The number of nitrogens with one attached hydrogen (secondary N) is 2. The number of phenols is 2. The highest BCUT2D eigenvalue weighted by atomic mass is 16.3. The number of hydrogen-bond donors (Lipinski definition) is 5. The predicted octanol–water partition coefficient (Wildman–Crippen LogP) is 1.33. The molecule has 0 aliphatic heterocycles. The van der Waals surface area contributed by atoms with Gasteiger partial charge in [-0.15, -0.1) is 0 Å². The van der Waals surface area contributed by atoms with Gasteiger partial charge in [0.2, 0.25) is 11.8 Å². The average molecular weight is 370 g/mol. The quantitative estimate of drug-likeness (QED) is 0.383. The monoisotopic (exact) mass is 370 g/mol. The van der Waals surface area contributed by atoms with E-state index in [-0.39, 0.29) is 23.6 Å². The van der Waals surface area contributed by atoms with Crippen LogP contribution >= 0.6 is 0 Å². The summed E-state index contributed by atoms with van der Waals surface area (Å²) in [6, 6.07) is 9.59. The normalized spacial score (nSPS) is 10.9. The summed E-state index contributed by atoms with van der Waals surface area (Å²) in [5.74, 6) is -2.19. The number of hydrazone groups is 1. The van der Waals surface area contributed by atoms with E-state index in [9.17, 15) is 24.6 Å². The van der Waals surface area contributed by atoms with Gasteiger partial charge in [-0.05, 0) is 43.3 Å². The Morgan fingerprint density at radius 3 is 2.33 bits per heavy atom. The lowest BCUT2D eigenvalue weighted by molar-refractivity contribution is -0.115. The predicted molar refractivity (Wildman–Crippen MR) is 98.6 cm³/mol. The van der Waals surface area contributed by atoms with E-state index in [1.54, 1.807) is 19.1 Å². The van der Waals surface area contributed by atoms with Gasteiger partial charge in [-0.1, -0.05) is 0 Å². The first-order valence-electron chi connectivity index (χ1n) is 7.81. The van der Waals surface area contributed by atoms with E-state index in [0.29, 0.717) is 17.0 Å². The van der Waals surface area contributed by atoms with Crippen molar-refractivity contribution in [3.63, 3.8) is 0 Å². The summed E-state index contributed by atoms with van der Waals surface area (Å²) < 4.78 is 0. The Morgan fingerprint density at radius 1 is 1.07 bits per heavy atom. The zero-order valence-electron chi connectivity index (χ0n) is 14.4. The molecule has 6 N–H and O–H groups in total. The first-order chi connectivity index (χ1) is 12.8. The fraction of sp³-hybridized carbons (Fsp3) is 0.111. The lowest BCUT2D eigenvalue weighted by Crippen LogP contribution is -2.21. The average Bonchev–Trinajstić information content (AvgIpc) is 2.60. The Bertz CT molecular complexity index is 906. The minimum Gasteiger partial charge on any atom is -0.508 e. The van der Waals surface area contributed by atoms with Gasteiger partial charge in [-0.3, -0.25) is 14.4 Å². The second kappa shape index (κ2) is 8.48. The summed E-state index contributed by atoms with van der Waals surface area (Å²) in [6.07, 6.45) is -0.0839. The maximum absolute atomic E-state index is 12.0. The van der Waals surface area contributed by atoms with Crippen molar-refractivity contribution in [1.29, 1.82) is 0 Å². The summed E-state index contributed by atoms with van der Waals surface area (Å²) >= 11 is 0. The van der Waals surface area contributed by atoms with Crippen molar-refractivity contribution in [2.24, 2.45) is 10.8 Å². The molecule has 0 bridgehead atoms. The number of hydrogen-bond acceptors (Lipinski definition) is 6. The smallest absolute Gasteiger partial charge is 0.275 e. The third-order valence-corrected chi connectivity index (χ3v) is 3.44. The van der Waals surface area contributed by atoms with Gasteiger partial charge in [0, 0.05) is 23.0 Å². The highest BCUT2D eigenvalue weighted by molar-refractivity contribution is 6.06. The van der Waals surface area contributed by atoms with Crippen LogP contribution in [0.1, 0.15) is 34.1 Å². The maximum atomic E-state index is 12.0. The summed E-state index contributed by atoms with van der Waals surface area (Å²) in [6.45, 7) is 1.55. The van der Waals surface area contributed by atoms with Crippen LogP contribution in [0.15, 0.2) is 47.6 Å². The third-order valence-electron chi connectivity index (χ3n) is 3.44. The molecule has 9 nitrogen and oxygen atoms in total. The van der Waals surface area contributed by atoms with Crippen LogP contribution in [0.4, 0.5) is 5.69 Å². The van der Waals surface area contributed by atoms with Crippen LogP contribution in [0.25, 0.3) is 0 Å². The van der Waals surface area contributed by atoms with Crippen molar-refractivity contribution in [2.45, 2.75) is 13.3 Å². The van der Waals surface area contributed by atoms with Gasteiger partial charge in [-0.25, -0.2) is 5.43 Å². The Morgan fingerprint density at radius 2 is 1.74 bits per heavy atom. The first-order valence-corrected chi connectivity index (χ1v) is 7.81. The molecule has 2 rings (SSSR count). The number of anilines is 1. The SMILES string of the molecule is C/C(CC(=O)Nc1ccc(C(N)=O)cc1)=N/NC(=O)c1ccc(O)cc1O. The van der Waals surface area contributed by atoms with Gasteiger partial charge in [0.15, 0.2) is 0 Å². The molecule has 0 saturated heterocycles. The minimum absolute atomic E-state index is 0.0663. The van der Waals surface area contributed by atoms with E-state index < -0.39 is 17.6 Å². The minimum atomic E-state index is -0.686. The van der Waals surface area contributed by atoms with E-state index >= 15 is 0 Å². The van der Waals surface area contributed by atoms with Crippen LogP contribution < -0.4 is 16.5 Å². The van der Waals surface area contributed by atoms with E-state index in [0.717, 1.165) is 6.07 Å². The maximum Gasteiger partial charge on any atom is 0.275 e. The molecule has 3 amide bonds. The standard InChI is InChI=1S/C18H18N4O5/c1-10(21-22-18(27)14-7-6-13(23)9-15(14)24)8-16(25)20-12-4-2-11(3-5-12)17(19)26/h2-7,9,23-24H,8H2,1H3,(H2,19,26)(H,20,25)(H,22,27)/b21-10-. The molecule has 9 heteroatoms. The van der Waals surface area contributed by atoms with Crippen LogP contribution in [0.2, 0.25) is 0 Å². The van der Waals surface area contributed by atoms with E-state index in [1.807, 2.05) is 0 Å². The van der Waals surface area contributed by atoms with Crippen molar-refractivity contribution >= 4 is 29.1 Å². The number of carbonyl (C=O) groups excluding carboxylic acids is 3. The van der Waals surface area contributed by atoms with Crippen LogP contribution in [-0.4, -0.2) is 33.6 Å². The second-order valence-electron chi connectivity index (χ2n) is 5.66. The van der Waals surface area contributed by atoms with E-state index in [4.69, 9.17) is 5.73 Å². The number of amides is 3. The Balaban J connectivity index is 1.91. The van der Waals surface area contributed by atoms with Gasteiger partial charge in [-0.2, -0.15) is 5.10 Å². The third kappa shape index (κ3) is 5.56. The molecule has 0 radical (unpaired) electrons. The molecule has 0 fully saturated rings. The number of nitrogens with zero attached hydrogens (tertiary/aromatic N) is 1. The highest BCUT2D eigenvalue weighted by Gasteiger charge is 2.12. The molecule has 0 spiro atoms. The molecule has 0 aromatic heterocycles. The summed E-state index contributed by atoms with van der Waals surface area (Å²) in [5.41, 5.74) is 8.43. The lowest BCUT2D eigenvalue weighted by Gasteiger charge is -2.07. The van der Waals surface area contributed by atoms with Crippen molar-refractivity contribution in [2.75, 3.05) is 5.32 Å². The molecule has 2 aromatic rings. The molecule has 0 unspecified atom stereocenters. The number of carbonyl (C=O) groups is 3. The number of phenolic OH excluding ortho intramolecular Hbond substituents is 2. The fourth-order valence-electron chi connectivity index (χ4n) is 2.11. The van der Waals surface area contributed by atoms with Crippen LogP contribution in [0.5, 0.6) is 11.5 Å². The molecule has 0 aliphatic carbocycles. The van der Waals surface area contributed by atoms with Gasteiger partial charge in [0.25, 0.3) is 5.91 Å². The largest absolute Gasteiger partial charge is 0.508 e. The van der Waals surface area contributed by atoms with Crippen molar-refractivity contribution < 1.29 is 24.6 Å². The highest BCUT2D eigenvalue weighted by Crippen LogP contribution is 2.22. The molecular formula is C18H18N4O5. The topological polar surface area (TPSA) is 154 Å². The number of primary amides is 1. The fourth-order valence-corrected chi connectivity index (χ4v) is 2.11. The second-order valence-corrected chi connectivity index (χ2v) is 5.66. The number of benzene rings is 2. The summed E-state index contributed by atoms with van der Waals surface area (Å²) in [7, 11) is 0. The number of rotatable bonds is 6. The van der Waals surface area contributed by atoms with Crippen LogP contribution in [-0.2, 0) is 4.79 Å². The lowest BCUT2D eigenvalue weighted by atomic mass is 10.2. The molecule has 2 aromatic carbocycles. The number of aromatic hydroxyl groups is 2. The van der Waals surface area contributed by atoms with Crippen LogP contribution in [0, 0.1) is 0 Å². The Labute approximate surface area is 154 Å². The first kappa shape index (κ1) is 19.4. The van der Waals surface area contributed by atoms with Crippen molar-refractivity contribution in [1.82, 2.24) is 5.43 Å².